The van der Waals surface area contributed by atoms with Gasteiger partial charge >= 0.3 is 5.97 Å². The third kappa shape index (κ3) is 4.07. The van der Waals surface area contributed by atoms with Gasteiger partial charge in [0, 0.05) is 17.6 Å². The molecule has 0 aromatic heterocycles. The summed E-state index contributed by atoms with van der Waals surface area (Å²) in [6, 6.07) is 11.6. The molecule has 2 aromatic rings. The summed E-state index contributed by atoms with van der Waals surface area (Å²) in [7, 11) is 0. The Morgan fingerprint density at radius 3 is 2.57 bits per heavy atom. The average molecular weight is 304 g/mol. The molecule has 0 aliphatic rings. The molecule has 0 aliphatic heterocycles. The Labute approximate surface area is 127 Å². The van der Waals surface area contributed by atoms with Crippen LogP contribution in [0, 0.1) is 6.92 Å². The van der Waals surface area contributed by atoms with Crippen LogP contribution >= 0.6 is 11.6 Å². The Balaban J connectivity index is 2.18. The number of hydrogen-bond acceptors (Lipinski definition) is 3. The SMILES string of the molecule is CC(=O)Nc1cccc(C(=O)Oc2ccc(Cl)cc2C)c1. The van der Waals surface area contributed by atoms with E-state index in [1.807, 2.05) is 6.92 Å². The number of amides is 1. The van der Waals surface area contributed by atoms with E-state index in [9.17, 15) is 9.59 Å². The number of ether oxygens (including phenoxy) is 1. The zero-order valence-corrected chi connectivity index (χ0v) is 12.4. The first-order chi connectivity index (χ1) is 9.95. The van der Waals surface area contributed by atoms with Crippen LogP contribution in [0.25, 0.3) is 0 Å². The molecule has 0 saturated carbocycles. The van der Waals surface area contributed by atoms with Crippen LogP contribution in [0.15, 0.2) is 42.5 Å². The third-order valence-corrected chi connectivity index (χ3v) is 2.99. The maximum atomic E-state index is 12.1. The maximum Gasteiger partial charge on any atom is 0.343 e. The summed E-state index contributed by atoms with van der Waals surface area (Å²) in [6.45, 7) is 3.21. The monoisotopic (exact) mass is 303 g/mol. The number of hydrogen-bond donors (Lipinski definition) is 1. The van der Waals surface area contributed by atoms with Gasteiger partial charge in [0.25, 0.3) is 0 Å². The predicted octanol–water partition coefficient (Wildman–Crippen LogP) is 3.83. The van der Waals surface area contributed by atoms with Crippen molar-refractivity contribution in [1.82, 2.24) is 0 Å². The van der Waals surface area contributed by atoms with Crippen LogP contribution in [-0.2, 0) is 4.79 Å². The normalized spacial score (nSPS) is 10.0. The summed E-state index contributed by atoms with van der Waals surface area (Å²) in [5, 5.41) is 3.20. The van der Waals surface area contributed by atoms with Crippen molar-refractivity contribution < 1.29 is 14.3 Å². The summed E-state index contributed by atoms with van der Waals surface area (Å²) in [5.41, 5.74) is 1.68. The number of benzene rings is 2. The molecule has 0 atom stereocenters. The first kappa shape index (κ1) is 15.1. The van der Waals surface area contributed by atoms with Gasteiger partial charge in [-0.1, -0.05) is 17.7 Å². The smallest absolute Gasteiger partial charge is 0.343 e. The van der Waals surface area contributed by atoms with Gasteiger partial charge in [-0.3, -0.25) is 4.79 Å². The molecule has 0 heterocycles. The van der Waals surface area contributed by atoms with Crippen LogP contribution in [0.5, 0.6) is 5.75 Å². The van der Waals surface area contributed by atoms with Gasteiger partial charge in [0.15, 0.2) is 0 Å². The molecule has 0 radical (unpaired) electrons. The number of nitrogens with one attached hydrogen (secondary N) is 1. The fraction of sp³-hybridized carbons (Fsp3) is 0.125. The minimum absolute atomic E-state index is 0.200. The summed E-state index contributed by atoms with van der Waals surface area (Å²) in [5.74, 6) is -0.240. The van der Waals surface area contributed by atoms with Crippen LogP contribution < -0.4 is 10.1 Å². The highest BCUT2D eigenvalue weighted by molar-refractivity contribution is 6.30. The molecule has 1 N–H and O–H groups in total. The first-order valence-corrected chi connectivity index (χ1v) is 6.69. The maximum absolute atomic E-state index is 12.1. The standard InChI is InChI=1S/C16H14ClNO3/c1-10-8-13(17)6-7-15(10)21-16(20)12-4-3-5-14(9-12)18-11(2)19/h3-9H,1-2H3,(H,18,19). The Morgan fingerprint density at radius 2 is 1.90 bits per heavy atom. The van der Waals surface area contributed by atoms with Gasteiger partial charge in [-0.2, -0.15) is 0 Å². The second-order valence-corrected chi connectivity index (χ2v) is 5.00. The van der Waals surface area contributed by atoms with Gasteiger partial charge in [-0.15, -0.1) is 0 Å². The van der Waals surface area contributed by atoms with E-state index in [2.05, 4.69) is 5.32 Å². The fourth-order valence-corrected chi connectivity index (χ4v) is 2.04. The van der Waals surface area contributed by atoms with E-state index in [1.54, 1.807) is 42.5 Å². The Morgan fingerprint density at radius 1 is 1.14 bits per heavy atom. The fourth-order valence-electron chi connectivity index (χ4n) is 1.81. The molecular weight excluding hydrogens is 290 g/mol. The first-order valence-electron chi connectivity index (χ1n) is 6.31. The summed E-state index contributed by atoms with van der Waals surface area (Å²) < 4.78 is 5.34. The molecule has 108 valence electrons. The molecule has 2 rings (SSSR count). The van der Waals surface area contributed by atoms with Crippen molar-refractivity contribution in [1.29, 1.82) is 0 Å². The zero-order valence-electron chi connectivity index (χ0n) is 11.6. The number of aryl methyl sites for hydroxylation is 1. The van der Waals surface area contributed by atoms with Crippen molar-refractivity contribution in [3.05, 3.63) is 58.6 Å². The van der Waals surface area contributed by atoms with Crippen molar-refractivity contribution >= 4 is 29.2 Å². The summed E-state index contributed by atoms with van der Waals surface area (Å²) in [6.07, 6.45) is 0. The topological polar surface area (TPSA) is 55.4 Å². The van der Waals surface area contributed by atoms with E-state index in [0.29, 0.717) is 22.0 Å². The average Bonchev–Trinajstić information content (AvgIpc) is 2.41. The summed E-state index contributed by atoms with van der Waals surface area (Å²) in [4.78, 5) is 23.1. The molecule has 21 heavy (non-hydrogen) atoms. The van der Waals surface area contributed by atoms with Gasteiger partial charge < -0.3 is 10.1 Å². The molecule has 0 fully saturated rings. The van der Waals surface area contributed by atoms with E-state index in [-0.39, 0.29) is 5.91 Å². The van der Waals surface area contributed by atoms with Crippen molar-refractivity contribution in [2.24, 2.45) is 0 Å². The van der Waals surface area contributed by atoms with Crippen molar-refractivity contribution in [3.8, 4) is 5.75 Å². The van der Waals surface area contributed by atoms with Crippen LogP contribution in [-0.4, -0.2) is 11.9 Å². The number of anilines is 1. The van der Waals surface area contributed by atoms with Crippen molar-refractivity contribution in [2.75, 3.05) is 5.32 Å². The molecule has 0 unspecified atom stereocenters. The van der Waals surface area contributed by atoms with E-state index < -0.39 is 5.97 Å². The molecule has 2 aromatic carbocycles. The number of halogens is 1. The Hall–Kier alpha value is -2.33. The number of carbonyl (C=O) groups is 2. The molecule has 0 aliphatic carbocycles. The van der Waals surface area contributed by atoms with Crippen LogP contribution in [0.1, 0.15) is 22.8 Å². The molecule has 5 heteroatoms. The van der Waals surface area contributed by atoms with Crippen molar-refractivity contribution in [3.63, 3.8) is 0 Å². The lowest BCUT2D eigenvalue weighted by Crippen LogP contribution is -2.11. The molecule has 0 saturated heterocycles. The van der Waals surface area contributed by atoms with Gasteiger partial charge in [-0.05, 0) is 48.9 Å². The Kier molecular flexibility index (Phi) is 4.60. The summed E-state index contributed by atoms with van der Waals surface area (Å²) >= 11 is 5.86. The minimum Gasteiger partial charge on any atom is -0.423 e. The van der Waals surface area contributed by atoms with Gasteiger partial charge in [0.1, 0.15) is 5.75 Å². The molecule has 0 bridgehead atoms. The van der Waals surface area contributed by atoms with E-state index in [1.165, 1.54) is 6.92 Å². The van der Waals surface area contributed by atoms with Crippen LogP contribution in [0.2, 0.25) is 5.02 Å². The quantitative estimate of drug-likeness (QED) is 0.692. The van der Waals surface area contributed by atoms with Gasteiger partial charge in [-0.25, -0.2) is 4.79 Å². The molecule has 0 spiro atoms. The molecule has 1 amide bonds. The van der Waals surface area contributed by atoms with E-state index in [4.69, 9.17) is 16.3 Å². The third-order valence-electron chi connectivity index (χ3n) is 2.76. The zero-order chi connectivity index (χ0) is 15.4. The molecular formula is C16H14ClNO3. The second kappa shape index (κ2) is 6.41. The minimum atomic E-state index is -0.493. The van der Waals surface area contributed by atoms with Gasteiger partial charge in [0.05, 0.1) is 5.56 Å². The van der Waals surface area contributed by atoms with Crippen LogP contribution in [0.3, 0.4) is 0 Å². The van der Waals surface area contributed by atoms with Crippen LogP contribution in [0.4, 0.5) is 5.69 Å². The second-order valence-electron chi connectivity index (χ2n) is 4.56. The van der Waals surface area contributed by atoms with Crippen molar-refractivity contribution in [2.45, 2.75) is 13.8 Å². The lowest BCUT2D eigenvalue weighted by molar-refractivity contribution is -0.114. The highest BCUT2D eigenvalue weighted by Gasteiger charge is 2.11. The highest BCUT2D eigenvalue weighted by Crippen LogP contribution is 2.23. The number of carbonyl (C=O) groups excluding carboxylic acids is 2. The predicted molar refractivity (Wildman–Crippen MR) is 81.9 cm³/mol. The lowest BCUT2D eigenvalue weighted by Gasteiger charge is -2.09. The molecule has 4 nitrogen and oxygen atoms in total. The highest BCUT2D eigenvalue weighted by atomic mass is 35.5. The number of esters is 1. The lowest BCUT2D eigenvalue weighted by atomic mass is 10.2. The van der Waals surface area contributed by atoms with E-state index in [0.717, 1.165) is 5.56 Å². The Bertz CT molecular complexity index is 698. The van der Waals surface area contributed by atoms with E-state index >= 15 is 0 Å². The largest absolute Gasteiger partial charge is 0.423 e. The number of rotatable bonds is 3. The van der Waals surface area contributed by atoms with Gasteiger partial charge in [0.2, 0.25) is 5.91 Å².